The van der Waals surface area contributed by atoms with Gasteiger partial charge in [0.25, 0.3) is 5.92 Å². The molecule has 0 aromatic carbocycles. The second-order valence-corrected chi connectivity index (χ2v) is 7.43. The van der Waals surface area contributed by atoms with Gasteiger partial charge in [-0.15, -0.1) is 0 Å². The molecular formula is C22H24F2N6O3. The first kappa shape index (κ1) is 23.9. The molecule has 0 spiro atoms. The average Bonchev–Trinajstić information content (AvgIpc) is 3.25. The Balaban J connectivity index is 0.000000286. The van der Waals surface area contributed by atoms with Crippen molar-refractivity contribution in [3.05, 3.63) is 54.1 Å². The molecule has 0 bridgehead atoms. The lowest BCUT2D eigenvalue weighted by atomic mass is 10.1. The maximum Gasteiger partial charge on any atom is 0.250 e. The van der Waals surface area contributed by atoms with Crippen LogP contribution in [0.5, 0.6) is 0 Å². The molecule has 3 aromatic heterocycles. The van der Waals surface area contributed by atoms with Crippen LogP contribution in [0.25, 0.3) is 16.7 Å². The monoisotopic (exact) mass is 458 g/mol. The summed E-state index contributed by atoms with van der Waals surface area (Å²) in [6.45, 7) is 1.07. The third kappa shape index (κ3) is 6.16. The Kier molecular flexibility index (Phi) is 7.78. The van der Waals surface area contributed by atoms with Gasteiger partial charge in [-0.25, -0.2) is 13.8 Å². The second kappa shape index (κ2) is 10.7. The fraction of sp³-hybridized carbons (Fsp3) is 0.318. The van der Waals surface area contributed by atoms with E-state index in [1.165, 1.54) is 13.3 Å². The number of likely N-dealkylation sites (tertiary alicyclic amines) is 1. The highest BCUT2D eigenvalue weighted by Gasteiger charge is 2.32. The zero-order chi connectivity index (χ0) is 23.8. The molecule has 1 N–H and O–H groups in total. The Hall–Kier alpha value is -3.73. The summed E-state index contributed by atoms with van der Waals surface area (Å²) in [5, 5.41) is 6.99. The van der Waals surface area contributed by atoms with E-state index in [-0.39, 0.29) is 18.7 Å². The van der Waals surface area contributed by atoms with Gasteiger partial charge < -0.3 is 15.1 Å². The van der Waals surface area contributed by atoms with Crippen molar-refractivity contribution in [1.82, 2.24) is 24.8 Å². The van der Waals surface area contributed by atoms with E-state index >= 15 is 0 Å². The molecule has 1 aliphatic heterocycles. The number of hydrogen-bond donors (Lipinski definition) is 1. The number of alkyl halides is 2. The molecule has 11 heteroatoms. The lowest BCUT2D eigenvalue weighted by molar-refractivity contribution is -0.108. The van der Waals surface area contributed by atoms with Crippen LogP contribution < -0.4 is 5.32 Å². The Labute approximate surface area is 189 Å². The summed E-state index contributed by atoms with van der Waals surface area (Å²) < 4.78 is 26.6. The van der Waals surface area contributed by atoms with E-state index in [0.717, 1.165) is 17.4 Å². The lowest BCUT2D eigenvalue weighted by Crippen LogP contribution is -2.36. The van der Waals surface area contributed by atoms with E-state index in [1.807, 2.05) is 34.8 Å². The summed E-state index contributed by atoms with van der Waals surface area (Å²) in [5.74, 6) is -2.17. The van der Waals surface area contributed by atoms with Gasteiger partial charge in [0.05, 0.1) is 11.9 Å². The molecule has 0 radical (unpaired) electrons. The minimum atomic E-state index is -2.38. The van der Waals surface area contributed by atoms with Crippen molar-refractivity contribution in [3.8, 4) is 5.69 Å². The SMILES string of the molecule is CN1CCC(F)(F)CC1.CO/N=C(\NC=O)c1ccc(-n2ccc3cc(C=O)cnc32)cn1. The largest absolute Gasteiger partial charge is 0.397 e. The first-order chi connectivity index (χ1) is 15.9. The molecule has 33 heavy (non-hydrogen) atoms. The van der Waals surface area contributed by atoms with Crippen LogP contribution in [0.15, 0.2) is 48.0 Å². The van der Waals surface area contributed by atoms with E-state index < -0.39 is 5.92 Å². The zero-order valence-electron chi connectivity index (χ0n) is 18.2. The van der Waals surface area contributed by atoms with Crippen molar-refractivity contribution in [2.45, 2.75) is 18.8 Å². The molecule has 9 nitrogen and oxygen atoms in total. The van der Waals surface area contributed by atoms with E-state index in [1.54, 1.807) is 18.3 Å². The highest BCUT2D eigenvalue weighted by molar-refractivity contribution is 6.02. The third-order valence-electron chi connectivity index (χ3n) is 5.05. The maximum atomic E-state index is 12.4. The number of oxime groups is 1. The number of rotatable bonds is 5. The number of halogens is 2. The molecule has 0 unspecified atom stereocenters. The molecule has 0 aliphatic carbocycles. The predicted molar refractivity (Wildman–Crippen MR) is 119 cm³/mol. The number of pyridine rings is 2. The van der Waals surface area contributed by atoms with Gasteiger partial charge in [0.1, 0.15) is 18.5 Å². The van der Waals surface area contributed by atoms with Crippen molar-refractivity contribution in [1.29, 1.82) is 0 Å². The quantitative estimate of drug-likeness (QED) is 0.273. The van der Waals surface area contributed by atoms with E-state index in [0.29, 0.717) is 36.4 Å². The number of hydrogen-bond acceptors (Lipinski definition) is 7. The van der Waals surface area contributed by atoms with Crippen LogP contribution in [0.2, 0.25) is 0 Å². The predicted octanol–water partition coefficient (Wildman–Crippen LogP) is 2.63. The van der Waals surface area contributed by atoms with Crippen molar-refractivity contribution >= 4 is 29.6 Å². The van der Waals surface area contributed by atoms with Crippen LogP contribution in [0, 0.1) is 0 Å². The number of aromatic nitrogens is 3. The fourth-order valence-corrected chi connectivity index (χ4v) is 3.22. The number of fused-ring (bicyclic) bond motifs is 1. The summed E-state index contributed by atoms with van der Waals surface area (Å²) in [4.78, 5) is 36.6. The lowest BCUT2D eigenvalue weighted by Gasteiger charge is -2.28. The number of amides is 1. The minimum absolute atomic E-state index is 0.0312. The molecule has 0 atom stereocenters. The molecule has 4 rings (SSSR count). The van der Waals surface area contributed by atoms with Crippen molar-refractivity contribution in [2.24, 2.45) is 5.16 Å². The van der Waals surface area contributed by atoms with Crippen LogP contribution >= 0.6 is 0 Å². The Morgan fingerprint density at radius 1 is 1.18 bits per heavy atom. The van der Waals surface area contributed by atoms with E-state index in [9.17, 15) is 18.4 Å². The molecule has 1 amide bonds. The van der Waals surface area contributed by atoms with Gasteiger partial charge in [-0.2, -0.15) is 0 Å². The summed E-state index contributed by atoms with van der Waals surface area (Å²) in [5.41, 5.74) is 2.48. The average molecular weight is 458 g/mol. The smallest absolute Gasteiger partial charge is 0.250 e. The minimum Gasteiger partial charge on any atom is -0.397 e. The highest BCUT2D eigenvalue weighted by atomic mass is 19.3. The Morgan fingerprint density at radius 2 is 1.94 bits per heavy atom. The third-order valence-corrected chi connectivity index (χ3v) is 5.05. The first-order valence-corrected chi connectivity index (χ1v) is 10.1. The van der Waals surface area contributed by atoms with Crippen molar-refractivity contribution in [2.75, 3.05) is 27.2 Å². The molecule has 1 saturated heterocycles. The van der Waals surface area contributed by atoms with Gasteiger partial charge in [0, 0.05) is 49.3 Å². The van der Waals surface area contributed by atoms with E-state index in [2.05, 4.69) is 25.3 Å². The van der Waals surface area contributed by atoms with E-state index in [4.69, 9.17) is 0 Å². The number of piperidine rings is 1. The van der Waals surface area contributed by atoms with Crippen LogP contribution in [0.1, 0.15) is 28.9 Å². The summed E-state index contributed by atoms with van der Waals surface area (Å²) >= 11 is 0. The molecule has 1 fully saturated rings. The summed E-state index contributed by atoms with van der Waals surface area (Å²) in [6.07, 6.45) is 6.31. The van der Waals surface area contributed by atoms with Crippen LogP contribution in [0.3, 0.4) is 0 Å². The topological polar surface area (TPSA) is 102 Å². The van der Waals surface area contributed by atoms with Gasteiger partial charge in [-0.05, 0) is 31.3 Å². The Bertz CT molecular complexity index is 1120. The molecule has 1 aliphatic rings. The summed E-state index contributed by atoms with van der Waals surface area (Å²) in [7, 11) is 3.25. The van der Waals surface area contributed by atoms with Gasteiger partial charge in [-0.1, -0.05) is 5.16 Å². The van der Waals surface area contributed by atoms with Crippen LogP contribution in [-0.4, -0.2) is 71.1 Å². The molecule has 4 heterocycles. The van der Waals surface area contributed by atoms with Gasteiger partial charge >= 0.3 is 0 Å². The number of nitrogens with one attached hydrogen (secondary N) is 1. The summed E-state index contributed by atoms with van der Waals surface area (Å²) in [6, 6.07) is 7.16. The van der Waals surface area contributed by atoms with Gasteiger partial charge in [0.15, 0.2) is 12.1 Å². The van der Waals surface area contributed by atoms with Crippen LogP contribution in [-0.2, 0) is 9.63 Å². The van der Waals surface area contributed by atoms with Gasteiger partial charge in [0.2, 0.25) is 6.41 Å². The number of carbonyl (C=O) groups is 2. The van der Waals surface area contributed by atoms with Gasteiger partial charge in [-0.3, -0.25) is 19.1 Å². The zero-order valence-corrected chi connectivity index (χ0v) is 18.2. The maximum absolute atomic E-state index is 12.4. The molecule has 174 valence electrons. The normalized spacial score (nSPS) is 15.9. The van der Waals surface area contributed by atoms with Crippen LogP contribution in [0.4, 0.5) is 8.78 Å². The standard InChI is InChI=1S/C16H13N5O3.C6H11F2N/c1-24-20-15(19-10-23)14-3-2-13(8-17-14)21-5-4-12-6-11(9-22)7-18-16(12)21;1-9-4-2-6(7,8)3-5-9/h2-10H,1H3,(H,19,20,23);2-5H2,1H3. The fourth-order valence-electron chi connectivity index (χ4n) is 3.22. The first-order valence-electron chi connectivity index (χ1n) is 10.1. The number of nitrogens with zero attached hydrogens (tertiary/aromatic N) is 5. The molecule has 3 aromatic rings. The molecule has 0 saturated carbocycles. The molecular weight excluding hydrogens is 434 g/mol. The number of carbonyl (C=O) groups excluding carboxylic acids is 2. The number of amidine groups is 1. The number of aldehydes is 1. The Morgan fingerprint density at radius 3 is 2.52 bits per heavy atom. The van der Waals surface area contributed by atoms with Crippen molar-refractivity contribution in [3.63, 3.8) is 0 Å². The second-order valence-electron chi connectivity index (χ2n) is 7.43. The highest BCUT2D eigenvalue weighted by Crippen LogP contribution is 2.26. The van der Waals surface area contributed by atoms with Crippen molar-refractivity contribution < 1.29 is 23.2 Å².